The summed E-state index contributed by atoms with van der Waals surface area (Å²) in [5.41, 5.74) is 2.11. The van der Waals surface area contributed by atoms with E-state index in [4.69, 9.17) is 28.2 Å². The van der Waals surface area contributed by atoms with Gasteiger partial charge in [-0.2, -0.15) is 0 Å². The Labute approximate surface area is 136 Å². The van der Waals surface area contributed by atoms with Gasteiger partial charge < -0.3 is 4.57 Å². The smallest absolute Gasteiger partial charge is 0.127 e. The van der Waals surface area contributed by atoms with E-state index in [1.807, 2.05) is 25.1 Å². The fourth-order valence-electron chi connectivity index (χ4n) is 3.59. The average molecular weight is 325 g/mol. The van der Waals surface area contributed by atoms with Gasteiger partial charge >= 0.3 is 0 Å². The van der Waals surface area contributed by atoms with Gasteiger partial charge in [0.05, 0.1) is 16.4 Å². The van der Waals surface area contributed by atoms with Crippen molar-refractivity contribution < 1.29 is 0 Å². The second kappa shape index (κ2) is 6.18. The van der Waals surface area contributed by atoms with Gasteiger partial charge in [0.2, 0.25) is 0 Å². The number of alkyl halides is 1. The summed E-state index contributed by atoms with van der Waals surface area (Å²) in [7, 11) is 0. The summed E-state index contributed by atoms with van der Waals surface area (Å²) in [5, 5.41) is 0.673. The average Bonchev–Trinajstić information content (AvgIpc) is 2.77. The van der Waals surface area contributed by atoms with E-state index in [9.17, 15) is 0 Å². The van der Waals surface area contributed by atoms with E-state index in [2.05, 4.69) is 11.5 Å². The number of fused-ring (bicyclic) bond motifs is 1. The van der Waals surface area contributed by atoms with Crippen molar-refractivity contribution >= 4 is 34.2 Å². The second-order valence-corrected chi connectivity index (χ2v) is 7.56. The Morgan fingerprint density at radius 2 is 2.19 bits per heavy atom. The second-order valence-electron chi connectivity index (χ2n) is 6.47. The van der Waals surface area contributed by atoms with Crippen molar-refractivity contribution in [3.8, 4) is 0 Å². The first-order chi connectivity index (χ1) is 10.0. The molecule has 1 aromatic carbocycles. The van der Waals surface area contributed by atoms with Crippen molar-refractivity contribution in [2.75, 3.05) is 0 Å². The minimum atomic E-state index is -0.0859. The van der Waals surface area contributed by atoms with Crippen LogP contribution in [0.25, 0.3) is 11.0 Å². The highest BCUT2D eigenvalue weighted by Gasteiger charge is 2.22. The maximum Gasteiger partial charge on any atom is 0.127 e. The highest BCUT2D eigenvalue weighted by Crippen LogP contribution is 2.33. The first-order valence-electron chi connectivity index (χ1n) is 7.84. The molecule has 0 spiro atoms. The largest absolute Gasteiger partial charge is 0.326 e. The zero-order chi connectivity index (χ0) is 15.0. The zero-order valence-corrected chi connectivity index (χ0v) is 14.2. The lowest BCUT2D eigenvalue weighted by Gasteiger charge is -2.28. The monoisotopic (exact) mass is 324 g/mol. The normalized spacial score (nSPS) is 24.4. The molecule has 0 radical (unpaired) electrons. The molecule has 0 bridgehead atoms. The molecular weight excluding hydrogens is 303 g/mol. The third-order valence-electron chi connectivity index (χ3n) is 4.58. The Morgan fingerprint density at radius 3 is 2.90 bits per heavy atom. The van der Waals surface area contributed by atoms with E-state index in [0.29, 0.717) is 0 Å². The molecule has 1 aromatic heterocycles. The van der Waals surface area contributed by atoms with Gasteiger partial charge in [0.1, 0.15) is 5.82 Å². The molecule has 3 atom stereocenters. The molecule has 1 aliphatic carbocycles. The third-order valence-corrected chi connectivity index (χ3v) is 5.01. The highest BCUT2D eigenvalue weighted by molar-refractivity contribution is 6.31. The van der Waals surface area contributed by atoms with E-state index in [0.717, 1.165) is 40.3 Å². The van der Waals surface area contributed by atoms with Crippen molar-refractivity contribution in [1.82, 2.24) is 9.55 Å². The summed E-state index contributed by atoms with van der Waals surface area (Å²) in [6, 6.07) is 5.89. The molecule has 1 saturated carbocycles. The Balaban J connectivity index is 1.98. The number of benzene rings is 1. The summed E-state index contributed by atoms with van der Waals surface area (Å²) in [6.45, 7) is 5.36. The first kappa shape index (κ1) is 15.2. The van der Waals surface area contributed by atoms with Crippen LogP contribution in [-0.4, -0.2) is 9.55 Å². The molecule has 0 saturated heterocycles. The summed E-state index contributed by atoms with van der Waals surface area (Å²) in [6.07, 6.45) is 5.31. The van der Waals surface area contributed by atoms with Crippen LogP contribution in [0.15, 0.2) is 18.2 Å². The lowest BCUT2D eigenvalue weighted by atomic mass is 9.82. The van der Waals surface area contributed by atoms with Crippen LogP contribution in [0, 0.1) is 11.8 Å². The molecule has 21 heavy (non-hydrogen) atoms. The summed E-state index contributed by atoms with van der Waals surface area (Å²) in [4.78, 5) is 4.71. The number of aromatic nitrogens is 2. The molecule has 0 N–H and O–H groups in total. The van der Waals surface area contributed by atoms with E-state index < -0.39 is 0 Å². The van der Waals surface area contributed by atoms with Crippen LogP contribution in [0.4, 0.5) is 0 Å². The number of hydrogen-bond acceptors (Lipinski definition) is 1. The molecule has 2 aromatic rings. The topological polar surface area (TPSA) is 17.8 Å². The maximum absolute atomic E-state index is 6.35. The number of rotatable bonds is 3. The quantitative estimate of drug-likeness (QED) is 0.651. The maximum atomic E-state index is 6.35. The number of hydrogen-bond donors (Lipinski definition) is 0. The molecule has 0 amide bonds. The molecule has 114 valence electrons. The van der Waals surface area contributed by atoms with Crippen molar-refractivity contribution in [3.63, 3.8) is 0 Å². The van der Waals surface area contributed by atoms with Crippen LogP contribution in [0.2, 0.25) is 5.02 Å². The summed E-state index contributed by atoms with van der Waals surface area (Å²) in [5.74, 6) is 2.52. The zero-order valence-electron chi connectivity index (χ0n) is 12.6. The predicted molar refractivity (Wildman–Crippen MR) is 90.1 cm³/mol. The molecule has 3 unspecified atom stereocenters. The highest BCUT2D eigenvalue weighted by atomic mass is 35.5. The van der Waals surface area contributed by atoms with Gasteiger partial charge in [-0.05, 0) is 49.8 Å². The van der Waals surface area contributed by atoms with Gasteiger partial charge in [0.25, 0.3) is 0 Å². The SMILES string of the molecule is CC1CCCC(Cn2c(C(C)Cl)nc3ccc(Cl)cc32)C1. The Morgan fingerprint density at radius 1 is 1.38 bits per heavy atom. The van der Waals surface area contributed by atoms with Crippen LogP contribution >= 0.6 is 23.2 Å². The Kier molecular flexibility index (Phi) is 4.46. The molecule has 0 aliphatic heterocycles. The van der Waals surface area contributed by atoms with Crippen LogP contribution in [-0.2, 0) is 6.54 Å². The Hall–Kier alpha value is -0.730. The van der Waals surface area contributed by atoms with Crippen molar-refractivity contribution in [2.45, 2.75) is 51.5 Å². The third kappa shape index (κ3) is 3.22. The summed E-state index contributed by atoms with van der Waals surface area (Å²) < 4.78 is 2.29. The van der Waals surface area contributed by atoms with Crippen molar-refractivity contribution in [2.24, 2.45) is 11.8 Å². The van der Waals surface area contributed by atoms with Gasteiger partial charge in [0.15, 0.2) is 0 Å². The molecular formula is C17H22Cl2N2. The van der Waals surface area contributed by atoms with E-state index >= 15 is 0 Å². The summed E-state index contributed by atoms with van der Waals surface area (Å²) >= 11 is 12.5. The van der Waals surface area contributed by atoms with Gasteiger partial charge in [-0.15, -0.1) is 11.6 Å². The number of nitrogens with zero attached hydrogens (tertiary/aromatic N) is 2. The molecule has 1 aliphatic rings. The number of imidazole rings is 1. The molecule has 1 fully saturated rings. The van der Waals surface area contributed by atoms with E-state index in [-0.39, 0.29) is 5.38 Å². The molecule has 1 heterocycles. The molecule has 3 rings (SSSR count). The van der Waals surface area contributed by atoms with Gasteiger partial charge in [-0.3, -0.25) is 0 Å². The van der Waals surface area contributed by atoms with E-state index in [1.165, 1.54) is 25.7 Å². The minimum absolute atomic E-state index is 0.0859. The van der Waals surface area contributed by atoms with Crippen LogP contribution in [0.1, 0.15) is 50.7 Å². The fraction of sp³-hybridized carbons (Fsp3) is 0.588. The van der Waals surface area contributed by atoms with Gasteiger partial charge in [-0.25, -0.2) is 4.98 Å². The van der Waals surface area contributed by atoms with Gasteiger partial charge in [-0.1, -0.05) is 31.4 Å². The fourth-order valence-corrected chi connectivity index (χ4v) is 3.93. The molecule has 4 heteroatoms. The van der Waals surface area contributed by atoms with Gasteiger partial charge in [0, 0.05) is 11.6 Å². The van der Waals surface area contributed by atoms with Crippen molar-refractivity contribution in [3.05, 3.63) is 29.0 Å². The Bertz CT molecular complexity index is 633. The lowest BCUT2D eigenvalue weighted by Crippen LogP contribution is -2.19. The van der Waals surface area contributed by atoms with E-state index in [1.54, 1.807) is 0 Å². The standard InChI is InChI=1S/C17H22Cl2N2/c1-11-4-3-5-13(8-11)10-21-16-9-14(19)6-7-15(16)20-17(21)12(2)18/h6-7,9,11-13H,3-5,8,10H2,1-2H3. The van der Waals surface area contributed by atoms with Crippen LogP contribution in [0.3, 0.4) is 0 Å². The molecule has 2 nitrogen and oxygen atoms in total. The first-order valence-corrected chi connectivity index (χ1v) is 8.65. The number of halogens is 2. The minimum Gasteiger partial charge on any atom is -0.326 e. The predicted octanol–water partition coefficient (Wildman–Crippen LogP) is 5.82. The van der Waals surface area contributed by atoms with Crippen molar-refractivity contribution in [1.29, 1.82) is 0 Å². The van der Waals surface area contributed by atoms with Crippen LogP contribution < -0.4 is 0 Å². The van der Waals surface area contributed by atoms with Crippen LogP contribution in [0.5, 0.6) is 0 Å². The lowest BCUT2D eigenvalue weighted by molar-refractivity contribution is 0.257.